The molecule has 1 heterocycles. The van der Waals surface area contributed by atoms with E-state index in [0.29, 0.717) is 5.56 Å². The molecule has 3 heteroatoms. The first-order chi connectivity index (χ1) is 7.74. The van der Waals surface area contributed by atoms with E-state index in [1.807, 2.05) is 24.5 Å². The second-order valence-corrected chi connectivity index (χ2v) is 4.43. The molecule has 0 spiro atoms. The molecule has 0 aliphatic rings. The van der Waals surface area contributed by atoms with E-state index in [-0.39, 0.29) is 0 Å². The molecule has 0 saturated carbocycles. The predicted molar refractivity (Wildman–Crippen MR) is 67.5 cm³/mol. The van der Waals surface area contributed by atoms with E-state index in [1.54, 1.807) is 11.8 Å². The van der Waals surface area contributed by atoms with Gasteiger partial charge in [0.25, 0.3) is 0 Å². The predicted octanol–water partition coefficient (Wildman–Crippen LogP) is 3.58. The van der Waals surface area contributed by atoms with Crippen LogP contribution in [0.5, 0.6) is 0 Å². The Labute approximate surface area is 99.3 Å². The van der Waals surface area contributed by atoms with Crippen molar-refractivity contribution in [3.63, 3.8) is 0 Å². The smallest absolute Gasteiger partial charge is 0.102 e. The first kappa shape index (κ1) is 10.8. The van der Waals surface area contributed by atoms with Crippen molar-refractivity contribution in [1.29, 1.82) is 5.26 Å². The minimum Gasteiger partial charge on any atom is -0.349 e. The fraction of sp³-hybridized carbons (Fsp3) is 0.154. The maximum atomic E-state index is 8.98. The van der Waals surface area contributed by atoms with Gasteiger partial charge in [-0.15, -0.1) is 11.8 Å². The number of hydrogen-bond acceptors (Lipinski definition) is 2. The number of aromatic amines is 1. The van der Waals surface area contributed by atoms with Crippen LogP contribution in [0.25, 0.3) is 11.3 Å². The van der Waals surface area contributed by atoms with E-state index in [4.69, 9.17) is 5.26 Å². The van der Waals surface area contributed by atoms with Gasteiger partial charge in [0.2, 0.25) is 0 Å². The van der Waals surface area contributed by atoms with Crippen LogP contribution in [0.15, 0.2) is 35.4 Å². The molecule has 0 aliphatic heterocycles. The summed E-state index contributed by atoms with van der Waals surface area (Å²) in [5, 5.41) is 9.91. The number of benzene rings is 1. The molecule has 80 valence electrons. The van der Waals surface area contributed by atoms with Crippen LogP contribution in [-0.2, 0) is 0 Å². The van der Waals surface area contributed by atoms with Crippen LogP contribution in [0.3, 0.4) is 0 Å². The number of hydrogen-bond donors (Lipinski definition) is 1. The maximum absolute atomic E-state index is 8.98. The molecule has 0 bridgehead atoms. The molecule has 0 saturated heterocycles. The van der Waals surface area contributed by atoms with Crippen molar-refractivity contribution < 1.29 is 0 Å². The zero-order chi connectivity index (χ0) is 11.5. The topological polar surface area (TPSA) is 39.6 Å². The molecule has 1 aromatic carbocycles. The van der Waals surface area contributed by atoms with Gasteiger partial charge in [0, 0.05) is 5.69 Å². The summed E-state index contributed by atoms with van der Waals surface area (Å²) in [6.45, 7) is 2.06. The van der Waals surface area contributed by atoms with Gasteiger partial charge in [-0.2, -0.15) is 5.26 Å². The lowest BCUT2D eigenvalue weighted by molar-refractivity contribution is 1.19. The van der Waals surface area contributed by atoms with E-state index in [0.717, 1.165) is 16.3 Å². The normalized spacial score (nSPS) is 10.1. The molecule has 0 amide bonds. The minimum absolute atomic E-state index is 0.712. The number of aryl methyl sites for hydroxylation is 1. The van der Waals surface area contributed by atoms with Gasteiger partial charge in [-0.3, -0.25) is 0 Å². The molecule has 0 unspecified atom stereocenters. The van der Waals surface area contributed by atoms with E-state index in [1.165, 1.54) is 5.56 Å². The zero-order valence-corrected chi connectivity index (χ0v) is 10.1. The molecular weight excluding hydrogens is 216 g/mol. The van der Waals surface area contributed by atoms with E-state index in [2.05, 4.69) is 30.1 Å². The van der Waals surface area contributed by atoms with E-state index >= 15 is 0 Å². The quantitative estimate of drug-likeness (QED) is 0.798. The fourth-order valence-corrected chi connectivity index (χ4v) is 2.18. The van der Waals surface area contributed by atoms with Crippen molar-refractivity contribution in [2.24, 2.45) is 0 Å². The van der Waals surface area contributed by atoms with Crippen LogP contribution in [0.2, 0.25) is 0 Å². The second kappa shape index (κ2) is 4.46. The third-order valence-corrected chi connectivity index (χ3v) is 3.17. The lowest BCUT2D eigenvalue weighted by Gasteiger charge is -1.99. The number of H-pyrrole nitrogens is 1. The third-order valence-electron chi connectivity index (χ3n) is 2.44. The van der Waals surface area contributed by atoms with E-state index < -0.39 is 0 Å². The Bertz CT molecular complexity index is 549. The van der Waals surface area contributed by atoms with Gasteiger partial charge in [-0.25, -0.2) is 0 Å². The molecule has 2 rings (SSSR count). The summed E-state index contributed by atoms with van der Waals surface area (Å²) < 4.78 is 0. The summed E-state index contributed by atoms with van der Waals surface area (Å²) in [6, 6.07) is 12.3. The molecule has 2 nitrogen and oxygen atoms in total. The first-order valence-corrected chi connectivity index (χ1v) is 6.21. The molecular formula is C13H12N2S. The highest BCUT2D eigenvalue weighted by Gasteiger charge is 2.08. The van der Waals surface area contributed by atoms with Crippen molar-refractivity contribution in [3.05, 3.63) is 41.5 Å². The van der Waals surface area contributed by atoms with Crippen molar-refractivity contribution in [1.82, 2.24) is 4.98 Å². The molecule has 0 radical (unpaired) electrons. The highest BCUT2D eigenvalue weighted by Crippen LogP contribution is 2.26. The van der Waals surface area contributed by atoms with Crippen LogP contribution >= 0.6 is 11.8 Å². The van der Waals surface area contributed by atoms with Crippen LogP contribution < -0.4 is 0 Å². The minimum atomic E-state index is 0.712. The fourth-order valence-electron chi connectivity index (χ4n) is 1.65. The zero-order valence-electron chi connectivity index (χ0n) is 9.24. The molecule has 0 aliphatic carbocycles. The van der Waals surface area contributed by atoms with Gasteiger partial charge >= 0.3 is 0 Å². The lowest BCUT2D eigenvalue weighted by Crippen LogP contribution is -1.78. The van der Waals surface area contributed by atoms with Gasteiger partial charge in [0.1, 0.15) is 6.07 Å². The lowest BCUT2D eigenvalue weighted by atomic mass is 10.1. The van der Waals surface area contributed by atoms with Crippen molar-refractivity contribution in [3.8, 4) is 17.3 Å². The van der Waals surface area contributed by atoms with Gasteiger partial charge in [0.15, 0.2) is 0 Å². The SMILES string of the molecule is CSc1[nH]c(-c2cccc(C)c2)cc1C#N. The Morgan fingerprint density at radius 3 is 2.69 bits per heavy atom. The number of nitrogens with zero attached hydrogens (tertiary/aromatic N) is 1. The highest BCUT2D eigenvalue weighted by atomic mass is 32.2. The molecule has 0 fully saturated rings. The Morgan fingerprint density at radius 1 is 1.31 bits per heavy atom. The standard InChI is InChI=1S/C13H12N2S/c1-9-4-3-5-10(6-9)12-7-11(8-14)13(15-12)16-2/h3-7,15H,1-2H3. The Kier molecular flexibility index (Phi) is 3.02. The van der Waals surface area contributed by atoms with Crippen LogP contribution in [0.1, 0.15) is 11.1 Å². The third kappa shape index (κ3) is 1.98. The van der Waals surface area contributed by atoms with Crippen molar-refractivity contribution >= 4 is 11.8 Å². The number of nitrogens with one attached hydrogen (secondary N) is 1. The summed E-state index contributed by atoms with van der Waals surface area (Å²) in [7, 11) is 0. The summed E-state index contributed by atoms with van der Waals surface area (Å²) in [6.07, 6.45) is 1.96. The number of rotatable bonds is 2. The summed E-state index contributed by atoms with van der Waals surface area (Å²) in [5.74, 6) is 0. The number of aromatic nitrogens is 1. The summed E-state index contributed by atoms with van der Waals surface area (Å²) >= 11 is 1.56. The number of thioether (sulfide) groups is 1. The van der Waals surface area contributed by atoms with Crippen LogP contribution in [-0.4, -0.2) is 11.2 Å². The Balaban J connectivity index is 2.49. The molecule has 1 N–H and O–H groups in total. The van der Waals surface area contributed by atoms with Crippen molar-refractivity contribution in [2.75, 3.05) is 6.26 Å². The molecule has 2 aromatic rings. The molecule has 0 atom stereocenters. The maximum Gasteiger partial charge on any atom is 0.102 e. The van der Waals surface area contributed by atoms with Crippen molar-refractivity contribution in [2.45, 2.75) is 11.9 Å². The van der Waals surface area contributed by atoms with Gasteiger partial charge in [0.05, 0.1) is 10.6 Å². The van der Waals surface area contributed by atoms with Crippen LogP contribution in [0.4, 0.5) is 0 Å². The second-order valence-electron chi connectivity index (χ2n) is 3.61. The summed E-state index contributed by atoms with van der Waals surface area (Å²) in [4.78, 5) is 3.27. The largest absolute Gasteiger partial charge is 0.349 e. The average molecular weight is 228 g/mol. The van der Waals surface area contributed by atoms with Gasteiger partial charge in [-0.05, 0) is 30.9 Å². The van der Waals surface area contributed by atoms with Crippen LogP contribution in [0, 0.1) is 18.3 Å². The number of nitriles is 1. The van der Waals surface area contributed by atoms with E-state index in [9.17, 15) is 0 Å². The Hall–Kier alpha value is -1.66. The monoisotopic (exact) mass is 228 g/mol. The van der Waals surface area contributed by atoms with Gasteiger partial charge < -0.3 is 4.98 Å². The Morgan fingerprint density at radius 2 is 2.12 bits per heavy atom. The highest BCUT2D eigenvalue weighted by molar-refractivity contribution is 7.98. The average Bonchev–Trinajstić information content (AvgIpc) is 2.72. The molecule has 1 aromatic heterocycles. The molecule has 16 heavy (non-hydrogen) atoms. The van der Waals surface area contributed by atoms with Gasteiger partial charge in [-0.1, -0.05) is 23.8 Å². The summed E-state index contributed by atoms with van der Waals surface area (Å²) in [5.41, 5.74) is 4.06. The first-order valence-electron chi connectivity index (χ1n) is 4.98.